The summed E-state index contributed by atoms with van der Waals surface area (Å²) in [5, 5.41) is 1.39. The molecule has 3 unspecified atom stereocenters. The lowest BCUT2D eigenvalue weighted by atomic mass is 9.80. The SMILES string of the molecule is C1=CCC(c2ccc(-n3c4c(c5ccccc53)CCC(C3=C[C@@H]5C6=C(CCCC6)N(c6cccc(C7CC=CCC7)c6)C5C=C3)=C4)cc2)C=C1. The minimum atomic E-state index is 0.377. The summed E-state index contributed by atoms with van der Waals surface area (Å²) in [4.78, 5) is 2.74. The predicted molar refractivity (Wildman–Crippen MR) is 210 cm³/mol. The quantitative estimate of drug-likeness (QED) is 0.195. The minimum Gasteiger partial charge on any atom is -0.337 e. The Morgan fingerprint density at radius 2 is 1.62 bits per heavy atom. The van der Waals surface area contributed by atoms with Crippen LogP contribution >= 0.6 is 0 Å². The Hall–Kier alpha value is -4.82. The number of nitrogens with zero attached hydrogens (tertiary/aromatic N) is 2. The third kappa shape index (κ3) is 5.06. The Bertz CT molecular complexity index is 2190. The summed E-state index contributed by atoms with van der Waals surface area (Å²) in [7, 11) is 0. The lowest BCUT2D eigenvalue weighted by Gasteiger charge is -2.33. The van der Waals surface area contributed by atoms with Crippen LogP contribution < -0.4 is 4.90 Å². The van der Waals surface area contributed by atoms with Gasteiger partial charge in [-0.15, -0.1) is 0 Å². The monoisotopic (exact) mass is 650 g/mol. The molecule has 1 aromatic heterocycles. The van der Waals surface area contributed by atoms with Crippen LogP contribution in [0.5, 0.6) is 0 Å². The fourth-order valence-electron chi connectivity index (χ4n) is 9.96. The fraction of sp³-hybridized carbons (Fsp3) is 0.292. The number of allylic oxidation sites excluding steroid dienone is 10. The van der Waals surface area contributed by atoms with E-state index in [4.69, 9.17) is 0 Å². The van der Waals surface area contributed by atoms with Crippen molar-refractivity contribution in [1.29, 1.82) is 0 Å². The highest BCUT2D eigenvalue weighted by atomic mass is 15.2. The first-order valence-electron chi connectivity index (χ1n) is 19.2. The zero-order chi connectivity index (χ0) is 33.0. The maximum atomic E-state index is 2.74. The molecule has 2 nitrogen and oxygen atoms in total. The number of benzene rings is 3. The number of rotatable bonds is 5. The van der Waals surface area contributed by atoms with E-state index in [1.165, 1.54) is 101 Å². The first-order valence-corrected chi connectivity index (χ1v) is 19.2. The topological polar surface area (TPSA) is 8.17 Å². The summed E-state index contributed by atoms with van der Waals surface area (Å²) in [5.41, 5.74) is 15.9. The van der Waals surface area contributed by atoms with E-state index in [0.29, 0.717) is 23.8 Å². The van der Waals surface area contributed by atoms with E-state index in [1.54, 1.807) is 11.3 Å². The van der Waals surface area contributed by atoms with E-state index >= 15 is 0 Å². The van der Waals surface area contributed by atoms with Crippen LogP contribution in [0.15, 0.2) is 150 Å². The van der Waals surface area contributed by atoms with Gasteiger partial charge in [-0.25, -0.2) is 0 Å². The van der Waals surface area contributed by atoms with Crippen molar-refractivity contribution in [2.24, 2.45) is 5.92 Å². The van der Waals surface area contributed by atoms with Gasteiger partial charge in [0.15, 0.2) is 0 Å². The van der Waals surface area contributed by atoms with Crippen LogP contribution in [0.4, 0.5) is 5.69 Å². The Labute approximate surface area is 297 Å². The second kappa shape index (κ2) is 12.5. The van der Waals surface area contributed by atoms with E-state index in [2.05, 4.69) is 143 Å². The Balaban J connectivity index is 1.00. The van der Waals surface area contributed by atoms with Crippen molar-refractivity contribution >= 4 is 22.7 Å². The molecule has 0 spiro atoms. The van der Waals surface area contributed by atoms with Crippen molar-refractivity contribution in [2.75, 3.05) is 4.90 Å². The number of fused-ring (bicyclic) bond motifs is 5. The first-order chi connectivity index (χ1) is 24.8. The molecule has 2 heteroatoms. The lowest BCUT2D eigenvalue weighted by molar-refractivity contribution is 0.616. The van der Waals surface area contributed by atoms with Crippen LogP contribution in [0.25, 0.3) is 22.7 Å². The lowest BCUT2D eigenvalue weighted by Crippen LogP contribution is -2.33. The first kappa shape index (κ1) is 30.0. The standard InChI is InChI=1S/C48H46N2/c1-3-12-33(13-4-1)35-22-26-39(27-23-35)49-45-20-9-7-18-41(45)43-28-24-38(32-48(43)49)37-25-29-47-44(31-37)42-19-8-10-21-46(42)50(47)40-17-11-16-36(30-40)34-14-5-2-6-15-34/h1-5,7,9,11-12,16-18,20,22-23,25-27,29-34,44,47H,6,8,10,13-15,19,21,24,28H2/t33?,34?,44-,47?/m1/s1. The molecule has 0 radical (unpaired) electrons. The van der Waals surface area contributed by atoms with Crippen molar-refractivity contribution in [3.05, 3.63) is 172 Å². The van der Waals surface area contributed by atoms with E-state index < -0.39 is 0 Å². The predicted octanol–water partition coefficient (Wildman–Crippen LogP) is 12.2. The van der Waals surface area contributed by atoms with Gasteiger partial charge in [0.2, 0.25) is 0 Å². The van der Waals surface area contributed by atoms with Crippen LogP contribution in [-0.2, 0) is 6.42 Å². The third-order valence-corrected chi connectivity index (χ3v) is 12.5. The second-order valence-corrected chi connectivity index (χ2v) is 15.3. The molecule has 1 aliphatic heterocycles. The number of aromatic nitrogens is 1. The summed E-state index contributed by atoms with van der Waals surface area (Å²) in [6.45, 7) is 0. The highest BCUT2D eigenvalue weighted by molar-refractivity contribution is 5.91. The van der Waals surface area contributed by atoms with Gasteiger partial charge in [-0.3, -0.25) is 0 Å². The summed E-state index contributed by atoms with van der Waals surface area (Å²) >= 11 is 0. The summed E-state index contributed by atoms with van der Waals surface area (Å²) in [5.74, 6) is 1.57. The van der Waals surface area contributed by atoms with Crippen LogP contribution in [0, 0.1) is 5.92 Å². The van der Waals surface area contributed by atoms with Crippen LogP contribution in [0.2, 0.25) is 0 Å². The molecular formula is C48H46N2. The molecule has 6 aliphatic rings. The van der Waals surface area contributed by atoms with Gasteiger partial charge in [0, 0.05) is 34.3 Å². The molecule has 248 valence electrons. The molecule has 0 saturated carbocycles. The van der Waals surface area contributed by atoms with Gasteiger partial charge in [-0.05, 0) is 140 Å². The van der Waals surface area contributed by atoms with Gasteiger partial charge in [0.05, 0.1) is 17.3 Å². The molecule has 4 aromatic rings. The highest BCUT2D eigenvalue weighted by Crippen LogP contribution is 2.49. The average molecular weight is 651 g/mol. The summed E-state index contributed by atoms with van der Waals surface area (Å²) in [6.07, 6.45) is 35.8. The van der Waals surface area contributed by atoms with Gasteiger partial charge in [-0.2, -0.15) is 0 Å². The number of para-hydroxylation sites is 1. The number of anilines is 1. The highest BCUT2D eigenvalue weighted by Gasteiger charge is 2.41. The van der Waals surface area contributed by atoms with Crippen molar-refractivity contribution in [3.8, 4) is 5.69 Å². The van der Waals surface area contributed by atoms with Gasteiger partial charge in [0.1, 0.15) is 0 Å². The smallest absolute Gasteiger partial charge is 0.0623 e. The summed E-state index contributed by atoms with van der Waals surface area (Å²) in [6, 6.07) is 28.3. The Morgan fingerprint density at radius 1 is 0.700 bits per heavy atom. The molecule has 10 rings (SSSR count). The van der Waals surface area contributed by atoms with Crippen molar-refractivity contribution in [2.45, 2.75) is 82.1 Å². The van der Waals surface area contributed by atoms with E-state index in [0.717, 1.165) is 19.3 Å². The van der Waals surface area contributed by atoms with Crippen LogP contribution in [0.3, 0.4) is 0 Å². The molecule has 0 fully saturated rings. The molecule has 0 amide bonds. The van der Waals surface area contributed by atoms with Crippen molar-refractivity contribution < 1.29 is 0 Å². The number of aryl methyl sites for hydroxylation is 1. The second-order valence-electron chi connectivity index (χ2n) is 15.3. The zero-order valence-corrected chi connectivity index (χ0v) is 29.0. The average Bonchev–Trinajstić information content (AvgIpc) is 3.71. The zero-order valence-electron chi connectivity index (χ0n) is 29.0. The van der Waals surface area contributed by atoms with Crippen LogP contribution in [-0.4, -0.2) is 10.6 Å². The largest absolute Gasteiger partial charge is 0.337 e. The molecule has 0 bridgehead atoms. The molecule has 4 atom stereocenters. The molecular weight excluding hydrogens is 605 g/mol. The number of hydrogen-bond donors (Lipinski definition) is 0. The van der Waals surface area contributed by atoms with Crippen molar-refractivity contribution in [1.82, 2.24) is 4.57 Å². The minimum absolute atomic E-state index is 0.377. The maximum absolute atomic E-state index is 2.74. The normalized spacial score (nSPS) is 25.4. The fourth-order valence-corrected chi connectivity index (χ4v) is 9.96. The van der Waals surface area contributed by atoms with Crippen molar-refractivity contribution in [3.63, 3.8) is 0 Å². The molecule has 0 N–H and O–H groups in total. The van der Waals surface area contributed by atoms with E-state index in [-0.39, 0.29) is 0 Å². The van der Waals surface area contributed by atoms with Gasteiger partial charge in [-0.1, -0.05) is 97.1 Å². The van der Waals surface area contributed by atoms with Gasteiger partial charge >= 0.3 is 0 Å². The maximum Gasteiger partial charge on any atom is 0.0623 e. The van der Waals surface area contributed by atoms with Gasteiger partial charge in [0.25, 0.3) is 0 Å². The molecule has 0 saturated heterocycles. The Morgan fingerprint density at radius 3 is 2.50 bits per heavy atom. The molecule has 3 aromatic carbocycles. The number of hydrogen-bond acceptors (Lipinski definition) is 1. The molecule has 50 heavy (non-hydrogen) atoms. The summed E-state index contributed by atoms with van der Waals surface area (Å²) < 4.78 is 2.52. The van der Waals surface area contributed by atoms with Crippen LogP contribution in [0.1, 0.15) is 92.0 Å². The van der Waals surface area contributed by atoms with E-state index in [9.17, 15) is 0 Å². The third-order valence-electron chi connectivity index (χ3n) is 12.5. The molecule has 2 heterocycles. The van der Waals surface area contributed by atoms with E-state index in [1.807, 2.05) is 0 Å². The molecule has 5 aliphatic carbocycles. The van der Waals surface area contributed by atoms with Gasteiger partial charge < -0.3 is 9.47 Å². The Kier molecular flexibility index (Phi) is 7.51.